The number of rotatable bonds is 6. The van der Waals surface area contributed by atoms with Crippen LogP contribution in [0.1, 0.15) is 52.0 Å². The third-order valence-corrected chi connectivity index (χ3v) is 13.7. The van der Waals surface area contributed by atoms with E-state index in [0.29, 0.717) is 7.25 Å². The van der Waals surface area contributed by atoms with E-state index in [4.69, 9.17) is 9.97 Å². The van der Waals surface area contributed by atoms with E-state index in [1.54, 1.807) is 0 Å². The Hall–Kier alpha value is -3.88. The van der Waals surface area contributed by atoms with Gasteiger partial charge in [0.2, 0.25) is 0 Å². The molecule has 2 heterocycles. The normalized spacial score (nSPS) is 15.7. The number of benzene rings is 4. The van der Waals surface area contributed by atoms with Crippen molar-refractivity contribution in [1.29, 1.82) is 0 Å². The summed E-state index contributed by atoms with van der Waals surface area (Å²) in [6.07, 6.45) is 8.92. The number of nitrogens with zero attached hydrogens (tertiary/aromatic N) is 2. The Morgan fingerprint density at radius 1 is 0.468 bits per heavy atom. The van der Waals surface area contributed by atoms with Crippen LogP contribution >= 0.6 is 0 Å². The number of fused-ring (bicyclic) bond motifs is 2. The quantitative estimate of drug-likeness (QED) is 0.255. The van der Waals surface area contributed by atoms with Crippen molar-refractivity contribution in [3.8, 4) is 22.3 Å². The number of allylic oxidation sites excluding steroid dienone is 2. The summed E-state index contributed by atoms with van der Waals surface area (Å²) in [4.78, 5) is 9.97. The fourth-order valence-electron chi connectivity index (χ4n) is 6.79. The van der Waals surface area contributed by atoms with Crippen LogP contribution in [0.3, 0.4) is 0 Å². The van der Waals surface area contributed by atoms with Crippen molar-refractivity contribution in [1.82, 2.24) is 9.97 Å². The zero-order chi connectivity index (χ0) is 30.3. The van der Waals surface area contributed by atoms with Gasteiger partial charge in [-0.25, -0.2) is 0 Å². The van der Waals surface area contributed by atoms with Gasteiger partial charge in [0, 0.05) is 0 Å². The van der Waals surface area contributed by atoms with Gasteiger partial charge in [-0.05, 0) is 0 Å². The van der Waals surface area contributed by atoms with Crippen LogP contribution in [-0.4, -0.2) is 9.97 Å². The number of halogens is 2. The largest absolute Gasteiger partial charge is 1.00 e. The molecule has 0 bridgehead atoms. The molecule has 2 atom stereocenters. The fraction of sp³-hybridized carbons (Fsp3) is 0.0952. The third kappa shape index (κ3) is 6.25. The van der Waals surface area contributed by atoms with Crippen molar-refractivity contribution >= 4 is 23.3 Å². The van der Waals surface area contributed by atoms with Crippen LogP contribution in [0, 0.1) is 13.8 Å². The molecule has 0 saturated carbocycles. The molecular formula is C42H32Cl2N2Zr. The summed E-state index contributed by atoms with van der Waals surface area (Å²) in [5, 5.41) is 0. The van der Waals surface area contributed by atoms with E-state index in [-0.39, 0.29) is 24.8 Å². The van der Waals surface area contributed by atoms with E-state index >= 15 is 0 Å². The molecule has 47 heavy (non-hydrogen) atoms. The number of hydrogen-bond acceptors (Lipinski definition) is 2. The maximum absolute atomic E-state index is 4.99. The van der Waals surface area contributed by atoms with E-state index in [2.05, 4.69) is 147 Å². The molecule has 0 aliphatic heterocycles. The Balaban J connectivity index is 0.00000193. The van der Waals surface area contributed by atoms with Crippen LogP contribution in [0.25, 0.3) is 45.6 Å². The molecule has 2 aliphatic carbocycles. The first-order valence-electron chi connectivity index (χ1n) is 15.6. The molecule has 6 aromatic rings. The molecule has 2 nitrogen and oxygen atoms in total. The van der Waals surface area contributed by atoms with Crippen molar-refractivity contribution in [2.75, 3.05) is 0 Å². The second-order valence-corrected chi connectivity index (χ2v) is 15.7. The van der Waals surface area contributed by atoms with Crippen molar-refractivity contribution in [2.24, 2.45) is 0 Å². The van der Waals surface area contributed by atoms with E-state index in [1.807, 2.05) is 12.4 Å². The van der Waals surface area contributed by atoms with Gasteiger partial charge in [0.05, 0.1) is 0 Å². The van der Waals surface area contributed by atoms with Gasteiger partial charge in [0.25, 0.3) is 0 Å². The Morgan fingerprint density at radius 2 is 0.894 bits per heavy atom. The molecular weight excluding hydrogens is 695 g/mol. The Labute approximate surface area is 301 Å². The van der Waals surface area contributed by atoms with Crippen molar-refractivity contribution in [2.45, 2.75) is 21.1 Å². The van der Waals surface area contributed by atoms with Gasteiger partial charge >= 0.3 is 278 Å². The minimum Gasteiger partial charge on any atom is -1.00 e. The number of aryl methyl sites for hydroxylation is 2. The molecule has 0 amide bonds. The van der Waals surface area contributed by atoms with Crippen LogP contribution in [0.2, 0.25) is 0 Å². The minimum atomic E-state index is -1.26. The van der Waals surface area contributed by atoms with Gasteiger partial charge in [-0.3, -0.25) is 0 Å². The summed E-state index contributed by atoms with van der Waals surface area (Å²) in [6, 6.07) is 44.2. The van der Waals surface area contributed by atoms with E-state index in [0.717, 1.165) is 11.4 Å². The predicted octanol–water partition coefficient (Wildman–Crippen LogP) is 4.41. The average Bonchev–Trinajstić information content (AvgIpc) is 3.65. The Kier molecular flexibility index (Phi) is 9.90. The van der Waals surface area contributed by atoms with Crippen LogP contribution in [0.4, 0.5) is 0 Å². The topological polar surface area (TPSA) is 25.8 Å². The second-order valence-electron chi connectivity index (χ2n) is 12.0. The first kappa shape index (κ1) is 33.0. The van der Waals surface area contributed by atoms with Gasteiger partial charge in [0.15, 0.2) is 0 Å². The maximum Gasteiger partial charge on any atom is -1.00 e. The van der Waals surface area contributed by atoms with Gasteiger partial charge in [-0.15, -0.1) is 0 Å². The van der Waals surface area contributed by atoms with Crippen molar-refractivity contribution < 1.29 is 48.0 Å². The molecule has 228 valence electrons. The number of hydrogen-bond donors (Lipinski definition) is 0. The summed E-state index contributed by atoms with van der Waals surface area (Å²) in [7, 11) is 0. The molecule has 2 unspecified atom stereocenters. The molecule has 4 aromatic carbocycles. The Morgan fingerprint density at radius 3 is 1.28 bits per heavy atom. The number of pyridine rings is 2. The first-order chi connectivity index (χ1) is 22.1. The maximum atomic E-state index is 4.99. The van der Waals surface area contributed by atoms with E-state index in [1.165, 1.54) is 66.8 Å². The number of aromatic nitrogens is 2. The molecule has 2 aromatic heterocycles. The van der Waals surface area contributed by atoms with Crippen LogP contribution in [-0.2, 0) is 23.2 Å². The molecule has 0 radical (unpaired) electrons. The molecule has 0 saturated heterocycles. The molecule has 0 spiro atoms. The van der Waals surface area contributed by atoms with Crippen LogP contribution < -0.4 is 24.8 Å². The zero-order valence-corrected chi connectivity index (χ0v) is 30.1. The molecule has 5 heteroatoms. The summed E-state index contributed by atoms with van der Waals surface area (Å²) in [5.41, 5.74) is 18.0. The third-order valence-electron chi connectivity index (χ3n) is 9.04. The van der Waals surface area contributed by atoms with Gasteiger partial charge in [0.1, 0.15) is 0 Å². The van der Waals surface area contributed by atoms with Crippen molar-refractivity contribution in [3.63, 3.8) is 0 Å². The second kappa shape index (κ2) is 14.1. The van der Waals surface area contributed by atoms with E-state index < -0.39 is 23.2 Å². The molecule has 8 rings (SSSR count). The van der Waals surface area contributed by atoms with Gasteiger partial charge in [-0.1, -0.05) is 0 Å². The Bertz CT molecular complexity index is 1940. The first-order valence-corrected chi connectivity index (χ1v) is 18.4. The van der Waals surface area contributed by atoms with Crippen molar-refractivity contribution in [3.05, 3.63) is 178 Å². The van der Waals surface area contributed by atoms with E-state index in [9.17, 15) is 0 Å². The van der Waals surface area contributed by atoms with Gasteiger partial charge in [-0.2, -0.15) is 0 Å². The van der Waals surface area contributed by atoms with Crippen LogP contribution in [0.5, 0.6) is 0 Å². The smallest absolute Gasteiger partial charge is 1.00 e. The minimum absolute atomic E-state index is 0. The summed E-state index contributed by atoms with van der Waals surface area (Å²) in [5.74, 6) is 0. The molecule has 2 aliphatic rings. The summed E-state index contributed by atoms with van der Waals surface area (Å²) in [6.45, 7) is 4.23. The van der Waals surface area contributed by atoms with Crippen LogP contribution in [0.15, 0.2) is 134 Å². The summed E-state index contributed by atoms with van der Waals surface area (Å²) >= 11 is -1.26. The summed E-state index contributed by atoms with van der Waals surface area (Å²) < 4.78 is 0.709. The molecule has 0 fully saturated rings. The SMILES string of the molecule is Cc1ccc(C2=Cc3c(-c4ccccc4)cccc3[CH]2[Zr+2][CH]2C(c3ccc(C)cn3)=Cc3c(-c4ccccc4)cccc32)nc1.[Cl-].[Cl-]. The van der Waals surface area contributed by atoms with Gasteiger partial charge < -0.3 is 24.8 Å². The zero-order valence-electron chi connectivity index (χ0n) is 26.2. The fourth-order valence-corrected chi connectivity index (χ4v) is 11.7. The molecule has 0 N–H and O–H groups in total. The predicted molar refractivity (Wildman–Crippen MR) is 183 cm³/mol. The monoisotopic (exact) mass is 724 g/mol. The average molecular weight is 727 g/mol. The standard InChI is InChI=1S/2C21H16N.2ClH.Zr/c2*1-15-10-11-21(22-14-15)18-12-17-8-5-9-19(20(17)13-18)16-6-3-2-4-7-16;;;/h2*2-14H,1H3;2*1H;/q;;;;+2/p-2.